The van der Waals surface area contributed by atoms with Crippen molar-refractivity contribution in [1.29, 1.82) is 0 Å². The second kappa shape index (κ2) is 7.13. The van der Waals surface area contributed by atoms with Crippen molar-refractivity contribution in [3.63, 3.8) is 0 Å². The van der Waals surface area contributed by atoms with Crippen molar-refractivity contribution in [2.75, 3.05) is 5.73 Å². The molecule has 0 unspecified atom stereocenters. The number of benzene rings is 1. The second-order valence-corrected chi connectivity index (χ2v) is 6.15. The van der Waals surface area contributed by atoms with Gasteiger partial charge >= 0.3 is 0 Å². The highest BCUT2D eigenvalue weighted by Gasteiger charge is 2.09. The number of anilines is 1. The van der Waals surface area contributed by atoms with Gasteiger partial charge in [-0.15, -0.1) is 0 Å². The summed E-state index contributed by atoms with van der Waals surface area (Å²) in [6.45, 7) is 9.51. The molecular formula is C18H24N4O. The van der Waals surface area contributed by atoms with Gasteiger partial charge in [0.05, 0.1) is 6.21 Å². The third kappa shape index (κ3) is 4.22. The number of nitrogens with two attached hydrogens (primary N) is 1. The van der Waals surface area contributed by atoms with Gasteiger partial charge in [-0.3, -0.25) is 4.79 Å². The predicted molar refractivity (Wildman–Crippen MR) is 94.7 cm³/mol. The van der Waals surface area contributed by atoms with Crippen LogP contribution in [0.5, 0.6) is 0 Å². The summed E-state index contributed by atoms with van der Waals surface area (Å²) in [5.74, 6) is 0.326. The molecule has 0 aliphatic rings. The molecule has 5 nitrogen and oxygen atoms in total. The van der Waals surface area contributed by atoms with E-state index in [1.54, 1.807) is 30.5 Å². The average Bonchev–Trinajstić information content (AvgIpc) is 2.75. The van der Waals surface area contributed by atoms with Crippen molar-refractivity contribution in [3.8, 4) is 0 Å². The minimum atomic E-state index is -0.253. The zero-order chi connectivity index (χ0) is 17.0. The summed E-state index contributed by atoms with van der Waals surface area (Å²) in [4.78, 5) is 12.0. The highest BCUT2D eigenvalue weighted by atomic mass is 16.2. The number of aromatic nitrogens is 1. The minimum absolute atomic E-state index is 0.253. The smallest absolute Gasteiger partial charge is 0.271 e. The molecule has 122 valence electrons. The molecule has 0 atom stereocenters. The van der Waals surface area contributed by atoms with E-state index in [4.69, 9.17) is 5.73 Å². The van der Waals surface area contributed by atoms with Crippen LogP contribution in [0.1, 0.15) is 41.2 Å². The largest absolute Gasteiger partial charge is 0.399 e. The molecule has 2 rings (SSSR count). The predicted octanol–water partition coefficient (Wildman–Crippen LogP) is 3.11. The van der Waals surface area contributed by atoms with E-state index in [0.29, 0.717) is 17.2 Å². The van der Waals surface area contributed by atoms with Crippen LogP contribution in [-0.4, -0.2) is 16.7 Å². The third-order valence-electron chi connectivity index (χ3n) is 3.70. The van der Waals surface area contributed by atoms with Gasteiger partial charge in [-0.25, -0.2) is 5.43 Å². The van der Waals surface area contributed by atoms with E-state index >= 15 is 0 Å². The Bertz CT molecular complexity index is 711. The molecule has 0 saturated heterocycles. The standard InChI is InChI=1S/C18H24N4O/c1-12(2)11-22-13(3)9-16(14(22)4)10-20-21-18(23)15-5-7-17(19)8-6-15/h5-10,12H,11,19H2,1-4H3,(H,21,23)/b20-10-. The van der Waals surface area contributed by atoms with Crippen LogP contribution >= 0.6 is 0 Å². The Kier molecular flexibility index (Phi) is 5.21. The first kappa shape index (κ1) is 16.8. The molecule has 23 heavy (non-hydrogen) atoms. The normalized spacial score (nSPS) is 11.3. The molecule has 3 N–H and O–H groups in total. The Hall–Kier alpha value is -2.56. The summed E-state index contributed by atoms with van der Waals surface area (Å²) >= 11 is 0. The molecule has 0 saturated carbocycles. The van der Waals surface area contributed by atoms with Gasteiger partial charge in [0.15, 0.2) is 0 Å². The van der Waals surface area contributed by atoms with Crippen LogP contribution in [0.4, 0.5) is 5.69 Å². The Morgan fingerprint density at radius 3 is 2.57 bits per heavy atom. The van der Waals surface area contributed by atoms with Crippen LogP contribution in [-0.2, 0) is 6.54 Å². The topological polar surface area (TPSA) is 72.4 Å². The molecule has 5 heteroatoms. The quantitative estimate of drug-likeness (QED) is 0.506. The van der Waals surface area contributed by atoms with Crippen molar-refractivity contribution in [3.05, 3.63) is 52.8 Å². The fraction of sp³-hybridized carbons (Fsp3) is 0.333. The van der Waals surface area contributed by atoms with Crippen LogP contribution in [0.15, 0.2) is 35.4 Å². The number of nitrogens with zero attached hydrogens (tertiary/aromatic N) is 2. The molecule has 0 radical (unpaired) electrons. The molecule has 1 aromatic heterocycles. The molecule has 0 spiro atoms. The highest BCUT2D eigenvalue weighted by molar-refractivity contribution is 5.95. The van der Waals surface area contributed by atoms with Crippen LogP contribution < -0.4 is 11.2 Å². The third-order valence-corrected chi connectivity index (χ3v) is 3.70. The van der Waals surface area contributed by atoms with Crippen LogP contribution in [0.2, 0.25) is 0 Å². The van der Waals surface area contributed by atoms with Crippen LogP contribution in [0.3, 0.4) is 0 Å². The van der Waals surface area contributed by atoms with Crippen LogP contribution in [0.25, 0.3) is 0 Å². The maximum absolute atomic E-state index is 12.0. The molecule has 1 aromatic carbocycles. The monoisotopic (exact) mass is 312 g/mol. The number of carbonyl (C=O) groups is 1. The first-order chi connectivity index (χ1) is 10.9. The Labute approximate surface area is 137 Å². The summed E-state index contributed by atoms with van der Waals surface area (Å²) in [6.07, 6.45) is 1.69. The summed E-state index contributed by atoms with van der Waals surface area (Å²) in [5.41, 5.74) is 12.7. The van der Waals surface area contributed by atoms with E-state index in [1.807, 2.05) is 0 Å². The van der Waals surface area contributed by atoms with Crippen molar-refractivity contribution in [2.45, 2.75) is 34.2 Å². The SMILES string of the molecule is Cc1cc(/C=N\NC(=O)c2ccc(N)cc2)c(C)n1CC(C)C. The van der Waals surface area contributed by atoms with Gasteiger partial charge in [0.2, 0.25) is 0 Å². The van der Waals surface area contributed by atoms with Gasteiger partial charge in [0.1, 0.15) is 0 Å². The Morgan fingerprint density at radius 1 is 1.30 bits per heavy atom. The number of hydrazone groups is 1. The lowest BCUT2D eigenvalue weighted by molar-refractivity contribution is 0.0955. The van der Waals surface area contributed by atoms with Crippen molar-refractivity contribution >= 4 is 17.8 Å². The fourth-order valence-corrected chi connectivity index (χ4v) is 2.46. The fourth-order valence-electron chi connectivity index (χ4n) is 2.46. The number of aryl methyl sites for hydroxylation is 1. The van der Waals surface area contributed by atoms with E-state index in [9.17, 15) is 4.79 Å². The molecule has 2 aromatic rings. The van der Waals surface area contributed by atoms with E-state index in [1.165, 1.54) is 5.69 Å². The molecule has 1 heterocycles. The summed E-state index contributed by atoms with van der Waals surface area (Å²) in [7, 11) is 0. The summed E-state index contributed by atoms with van der Waals surface area (Å²) in [5, 5.41) is 4.07. The van der Waals surface area contributed by atoms with Crippen molar-refractivity contribution < 1.29 is 4.79 Å². The number of hydrogen-bond acceptors (Lipinski definition) is 3. The lowest BCUT2D eigenvalue weighted by Gasteiger charge is -2.11. The van der Waals surface area contributed by atoms with Gasteiger partial charge in [0, 0.05) is 34.7 Å². The highest BCUT2D eigenvalue weighted by Crippen LogP contribution is 2.15. The van der Waals surface area contributed by atoms with E-state index in [0.717, 1.165) is 17.8 Å². The van der Waals surface area contributed by atoms with E-state index in [2.05, 4.69) is 48.9 Å². The molecule has 0 fully saturated rings. The first-order valence-corrected chi connectivity index (χ1v) is 7.74. The lowest BCUT2D eigenvalue weighted by atomic mass is 10.2. The molecule has 1 amide bonds. The summed E-state index contributed by atoms with van der Waals surface area (Å²) in [6, 6.07) is 8.82. The number of hydrogen-bond donors (Lipinski definition) is 2. The second-order valence-electron chi connectivity index (χ2n) is 6.15. The van der Waals surface area contributed by atoms with Crippen LogP contribution in [0, 0.1) is 19.8 Å². The van der Waals surface area contributed by atoms with Gasteiger partial charge in [-0.2, -0.15) is 5.10 Å². The number of amides is 1. The maximum atomic E-state index is 12.0. The van der Waals surface area contributed by atoms with Gasteiger partial charge in [-0.1, -0.05) is 13.8 Å². The van der Waals surface area contributed by atoms with Gasteiger partial charge in [-0.05, 0) is 50.1 Å². The Balaban J connectivity index is 2.06. The number of nitrogen functional groups attached to an aromatic ring is 1. The van der Waals surface area contributed by atoms with Crippen molar-refractivity contribution in [2.24, 2.45) is 11.0 Å². The zero-order valence-electron chi connectivity index (χ0n) is 14.1. The molecular weight excluding hydrogens is 288 g/mol. The molecule has 0 bridgehead atoms. The summed E-state index contributed by atoms with van der Waals surface area (Å²) < 4.78 is 2.27. The van der Waals surface area contributed by atoms with E-state index < -0.39 is 0 Å². The van der Waals surface area contributed by atoms with Gasteiger partial charge < -0.3 is 10.3 Å². The number of nitrogens with one attached hydrogen (secondary N) is 1. The first-order valence-electron chi connectivity index (χ1n) is 7.74. The average molecular weight is 312 g/mol. The molecule has 0 aliphatic heterocycles. The zero-order valence-corrected chi connectivity index (χ0v) is 14.1. The maximum Gasteiger partial charge on any atom is 0.271 e. The number of rotatable bonds is 5. The number of carbonyl (C=O) groups excluding carboxylic acids is 1. The van der Waals surface area contributed by atoms with Crippen molar-refractivity contribution in [1.82, 2.24) is 9.99 Å². The van der Waals surface area contributed by atoms with E-state index in [-0.39, 0.29) is 5.91 Å². The Morgan fingerprint density at radius 2 is 1.96 bits per heavy atom. The lowest BCUT2D eigenvalue weighted by Crippen LogP contribution is -2.17. The van der Waals surface area contributed by atoms with Gasteiger partial charge in [0.25, 0.3) is 5.91 Å². The molecule has 0 aliphatic carbocycles. The minimum Gasteiger partial charge on any atom is -0.399 e.